The molecule has 0 spiro atoms. The van der Waals surface area contributed by atoms with Gasteiger partial charge < -0.3 is 10.5 Å². The van der Waals surface area contributed by atoms with E-state index in [1.54, 1.807) is 13.3 Å². The molecule has 1 aromatic carbocycles. The molecule has 0 bridgehead atoms. The second-order valence-corrected chi connectivity index (χ2v) is 5.19. The third kappa shape index (κ3) is 3.32. The van der Waals surface area contributed by atoms with Gasteiger partial charge in [-0.3, -0.25) is 4.68 Å². The zero-order valence-electron chi connectivity index (χ0n) is 11.8. The minimum absolute atomic E-state index is 0.153. The van der Waals surface area contributed by atoms with Gasteiger partial charge in [0.1, 0.15) is 0 Å². The predicted molar refractivity (Wildman–Crippen MR) is 81.2 cm³/mol. The fourth-order valence-corrected chi connectivity index (χ4v) is 2.40. The van der Waals surface area contributed by atoms with Crippen LogP contribution in [0.25, 0.3) is 0 Å². The maximum Gasteiger partial charge on any atom is 0.161 e. The minimum atomic E-state index is -0.153. The van der Waals surface area contributed by atoms with Crippen LogP contribution in [-0.2, 0) is 13.0 Å². The molecule has 4 nitrogen and oxygen atoms in total. The van der Waals surface area contributed by atoms with E-state index >= 15 is 0 Å². The van der Waals surface area contributed by atoms with Crippen LogP contribution in [0.4, 0.5) is 0 Å². The third-order valence-electron chi connectivity index (χ3n) is 3.22. The number of aryl methyl sites for hydroxylation is 1. The Kier molecular flexibility index (Phi) is 5.04. The molecule has 5 heteroatoms. The molecule has 1 unspecified atom stereocenters. The summed E-state index contributed by atoms with van der Waals surface area (Å²) in [6.07, 6.45) is 3.46. The summed E-state index contributed by atoms with van der Waals surface area (Å²) in [5, 5.41) is 5.08. The molecule has 2 aromatic rings. The molecule has 1 atom stereocenters. The van der Waals surface area contributed by atoms with Crippen molar-refractivity contribution in [1.82, 2.24) is 9.78 Å². The van der Waals surface area contributed by atoms with E-state index in [-0.39, 0.29) is 6.04 Å². The molecule has 1 heterocycles. The molecule has 0 aliphatic rings. The topological polar surface area (TPSA) is 53.1 Å². The lowest BCUT2D eigenvalue weighted by Crippen LogP contribution is -2.19. The summed E-state index contributed by atoms with van der Waals surface area (Å²) in [7, 11) is 1.64. The normalized spacial score (nSPS) is 12.4. The van der Waals surface area contributed by atoms with Crippen LogP contribution in [0, 0.1) is 0 Å². The van der Waals surface area contributed by atoms with Crippen molar-refractivity contribution in [1.29, 1.82) is 0 Å². The Balaban J connectivity index is 2.21. The van der Waals surface area contributed by atoms with Crippen molar-refractivity contribution in [3.63, 3.8) is 0 Å². The van der Waals surface area contributed by atoms with Gasteiger partial charge in [-0.1, -0.05) is 30.7 Å². The first-order valence-electron chi connectivity index (χ1n) is 6.75. The number of methoxy groups -OCH3 is 1. The number of nitrogens with zero attached hydrogens (tertiary/aromatic N) is 2. The van der Waals surface area contributed by atoms with Crippen LogP contribution >= 0.6 is 11.6 Å². The van der Waals surface area contributed by atoms with Gasteiger partial charge in [-0.05, 0) is 30.5 Å². The average molecular weight is 294 g/mol. The van der Waals surface area contributed by atoms with E-state index in [0.29, 0.717) is 0 Å². The van der Waals surface area contributed by atoms with E-state index in [9.17, 15) is 0 Å². The van der Waals surface area contributed by atoms with Crippen molar-refractivity contribution in [3.05, 3.63) is 46.7 Å². The molecule has 2 N–H and O–H groups in total. The Labute approximate surface area is 124 Å². The number of hydrogen-bond acceptors (Lipinski definition) is 3. The number of rotatable bonds is 6. The summed E-state index contributed by atoms with van der Waals surface area (Å²) in [5.41, 5.74) is 8.44. The van der Waals surface area contributed by atoms with Gasteiger partial charge >= 0.3 is 0 Å². The summed E-state index contributed by atoms with van der Waals surface area (Å²) in [6.45, 7) is 2.95. The Hall–Kier alpha value is -1.52. The van der Waals surface area contributed by atoms with Crippen molar-refractivity contribution in [2.45, 2.75) is 32.4 Å². The molecule has 0 amide bonds. The monoisotopic (exact) mass is 293 g/mol. The molecule has 0 radical (unpaired) electrons. The number of aromatic nitrogens is 2. The highest BCUT2D eigenvalue weighted by Crippen LogP contribution is 2.26. The van der Waals surface area contributed by atoms with Crippen molar-refractivity contribution < 1.29 is 4.74 Å². The Morgan fingerprint density at radius 1 is 1.35 bits per heavy atom. The first kappa shape index (κ1) is 14.9. The van der Waals surface area contributed by atoms with Gasteiger partial charge in [-0.25, -0.2) is 0 Å². The Morgan fingerprint density at radius 2 is 2.05 bits per heavy atom. The standard InChI is InChI=1S/C15H20ClN3O/c1-3-8-19-15(14(20-2)10-18-19)13(17)9-11-4-6-12(16)7-5-11/h4-7,10,13H,3,8-9,17H2,1-2H3. The van der Waals surface area contributed by atoms with E-state index < -0.39 is 0 Å². The molecule has 0 saturated carbocycles. The van der Waals surface area contributed by atoms with E-state index in [1.165, 1.54) is 0 Å². The summed E-state index contributed by atoms with van der Waals surface area (Å²) in [6, 6.07) is 7.60. The van der Waals surface area contributed by atoms with Crippen LogP contribution in [0.5, 0.6) is 5.75 Å². The minimum Gasteiger partial charge on any atom is -0.493 e. The van der Waals surface area contributed by atoms with Crippen LogP contribution in [0.15, 0.2) is 30.5 Å². The van der Waals surface area contributed by atoms with Gasteiger partial charge in [-0.15, -0.1) is 0 Å². The maximum absolute atomic E-state index is 6.34. The van der Waals surface area contributed by atoms with Crippen molar-refractivity contribution in [2.24, 2.45) is 5.73 Å². The highest BCUT2D eigenvalue weighted by Gasteiger charge is 2.18. The van der Waals surface area contributed by atoms with Crippen LogP contribution in [0.3, 0.4) is 0 Å². The van der Waals surface area contributed by atoms with Crippen LogP contribution in [-0.4, -0.2) is 16.9 Å². The van der Waals surface area contributed by atoms with Gasteiger partial charge in [0.2, 0.25) is 0 Å². The molecule has 0 aliphatic heterocycles. The van der Waals surface area contributed by atoms with Crippen LogP contribution in [0.1, 0.15) is 30.6 Å². The summed E-state index contributed by atoms with van der Waals surface area (Å²) < 4.78 is 7.30. The zero-order valence-corrected chi connectivity index (χ0v) is 12.6. The van der Waals surface area contributed by atoms with Crippen LogP contribution in [0.2, 0.25) is 5.02 Å². The van der Waals surface area contributed by atoms with Gasteiger partial charge in [0.05, 0.1) is 25.0 Å². The molecule has 1 aromatic heterocycles. The SMILES string of the molecule is CCCn1ncc(OC)c1C(N)Cc1ccc(Cl)cc1. The van der Waals surface area contributed by atoms with E-state index in [0.717, 1.165) is 41.4 Å². The molecule has 20 heavy (non-hydrogen) atoms. The Bertz CT molecular complexity index is 551. The van der Waals surface area contributed by atoms with Gasteiger partial charge in [0.15, 0.2) is 5.75 Å². The summed E-state index contributed by atoms with van der Waals surface area (Å²) in [4.78, 5) is 0. The third-order valence-corrected chi connectivity index (χ3v) is 3.47. The second kappa shape index (κ2) is 6.77. The van der Waals surface area contributed by atoms with Crippen molar-refractivity contribution >= 4 is 11.6 Å². The van der Waals surface area contributed by atoms with Gasteiger partial charge in [0.25, 0.3) is 0 Å². The first-order chi connectivity index (χ1) is 9.65. The number of hydrogen-bond donors (Lipinski definition) is 1. The number of halogens is 1. The largest absolute Gasteiger partial charge is 0.493 e. The summed E-state index contributed by atoms with van der Waals surface area (Å²) >= 11 is 5.90. The number of ether oxygens (including phenoxy) is 1. The second-order valence-electron chi connectivity index (χ2n) is 4.76. The molecule has 0 saturated heterocycles. The lowest BCUT2D eigenvalue weighted by Gasteiger charge is -2.15. The molecular weight excluding hydrogens is 274 g/mol. The predicted octanol–water partition coefficient (Wildman–Crippen LogP) is 3.20. The molecular formula is C15H20ClN3O. The maximum atomic E-state index is 6.34. The first-order valence-corrected chi connectivity index (χ1v) is 7.13. The van der Waals surface area contributed by atoms with Crippen molar-refractivity contribution in [3.8, 4) is 5.75 Å². The highest BCUT2D eigenvalue weighted by atomic mass is 35.5. The number of nitrogens with two attached hydrogens (primary N) is 1. The van der Waals surface area contributed by atoms with Gasteiger partial charge in [0, 0.05) is 11.6 Å². The van der Waals surface area contributed by atoms with E-state index in [2.05, 4.69) is 12.0 Å². The van der Waals surface area contributed by atoms with E-state index in [1.807, 2.05) is 28.9 Å². The summed E-state index contributed by atoms with van der Waals surface area (Å²) in [5.74, 6) is 0.750. The van der Waals surface area contributed by atoms with Gasteiger partial charge in [-0.2, -0.15) is 5.10 Å². The van der Waals surface area contributed by atoms with Crippen LogP contribution < -0.4 is 10.5 Å². The average Bonchev–Trinajstić information content (AvgIpc) is 2.85. The highest BCUT2D eigenvalue weighted by molar-refractivity contribution is 6.30. The fraction of sp³-hybridized carbons (Fsp3) is 0.400. The molecule has 2 rings (SSSR count). The Morgan fingerprint density at radius 3 is 2.65 bits per heavy atom. The zero-order chi connectivity index (χ0) is 14.5. The number of benzene rings is 1. The molecule has 0 fully saturated rings. The van der Waals surface area contributed by atoms with Crippen molar-refractivity contribution in [2.75, 3.05) is 7.11 Å². The molecule has 0 aliphatic carbocycles. The lowest BCUT2D eigenvalue weighted by molar-refractivity contribution is 0.400. The fourth-order valence-electron chi connectivity index (χ4n) is 2.27. The smallest absolute Gasteiger partial charge is 0.161 e. The quantitative estimate of drug-likeness (QED) is 0.890. The van der Waals surface area contributed by atoms with E-state index in [4.69, 9.17) is 22.1 Å². The molecule has 108 valence electrons. The lowest BCUT2D eigenvalue weighted by atomic mass is 10.0.